The van der Waals surface area contributed by atoms with Crippen molar-refractivity contribution in [1.29, 1.82) is 0 Å². The lowest BCUT2D eigenvalue weighted by Crippen LogP contribution is -2.30. The highest BCUT2D eigenvalue weighted by atomic mass is 32.2. The van der Waals surface area contributed by atoms with Gasteiger partial charge < -0.3 is 10.6 Å². The Morgan fingerprint density at radius 2 is 2.35 bits per heavy atom. The lowest BCUT2D eigenvalue weighted by molar-refractivity contribution is -0.119. The first-order chi connectivity index (χ1) is 8.13. The quantitative estimate of drug-likeness (QED) is 0.780. The van der Waals surface area contributed by atoms with Crippen LogP contribution in [0.1, 0.15) is 33.1 Å². The van der Waals surface area contributed by atoms with E-state index in [9.17, 15) is 4.79 Å². The number of amides is 1. The van der Waals surface area contributed by atoms with Gasteiger partial charge >= 0.3 is 0 Å². The summed E-state index contributed by atoms with van der Waals surface area (Å²) in [7, 11) is 0. The predicted octanol–water partition coefficient (Wildman–Crippen LogP) is 1.37. The van der Waals surface area contributed by atoms with Crippen LogP contribution >= 0.6 is 11.8 Å². The fourth-order valence-electron chi connectivity index (χ4n) is 1.87. The number of aliphatic imine (C=N–C) groups is 1. The molecule has 1 aliphatic carbocycles. The standard InChI is InChI=1S/C12H21N3OS/c1-8(2)5-10-7-17-12(15-10)13-6-11(16)14-9-3-4-9/h8-10H,3-7H2,1-2H3,(H,13,15)(H,14,16). The normalized spacial score (nSPS) is 26.3. The van der Waals surface area contributed by atoms with Crippen molar-refractivity contribution in [1.82, 2.24) is 10.6 Å². The fraction of sp³-hybridized carbons (Fsp3) is 0.833. The minimum absolute atomic E-state index is 0.0507. The van der Waals surface area contributed by atoms with E-state index in [1.807, 2.05) is 0 Å². The zero-order valence-corrected chi connectivity index (χ0v) is 11.3. The van der Waals surface area contributed by atoms with Crippen molar-refractivity contribution in [3.05, 3.63) is 0 Å². The molecule has 96 valence electrons. The molecule has 1 saturated heterocycles. The van der Waals surface area contributed by atoms with Gasteiger partial charge in [-0.2, -0.15) is 0 Å². The number of hydrogen-bond donors (Lipinski definition) is 2. The Labute approximate surface area is 107 Å². The van der Waals surface area contributed by atoms with Gasteiger partial charge in [0.05, 0.1) is 0 Å². The van der Waals surface area contributed by atoms with E-state index < -0.39 is 0 Å². The SMILES string of the molecule is CC(C)CC1CSC(=NCC(=O)NC2CC2)N1. The van der Waals surface area contributed by atoms with Gasteiger partial charge in [-0.05, 0) is 25.2 Å². The molecule has 0 spiro atoms. The second-order valence-electron chi connectivity index (χ2n) is 5.24. The highest BCUT2D eigenvalue weighted by molar-refractivity contribution is 8.14. The molecule has 5 heteroatoms. The second kappa shape index (κ2) is 5.76. The number of rotatable bonds is 5. The molecule has 0 aromatic rings. The molecule has 2 N–H and O–H groups in total. The van der Waals surface area contributed by atoms with E-state index in [2.05, 4.69) is 29.5 Å². The number of hydrogen-bond acceptors (Lipinski definition) is 3. The van der Waals surface area contributed by atoms with Gasteiger partial charge in [-0.25, -0.2) is 0 Å². The highest BCUT2D eigenvalue weighted by Gasteiger charge is 2.24. The summed E-state index contributed by atoms with van der Waals surface area (Å²) in [5, 5.41) is 7.25. The fourth-order valence-corrected chi connectivity index (χ4v) is 2.85. The Morgan fingerprint density at radius 1 is 1.59 bits per heavy atom. The summed E-state index contributed by atoms with van der Waals surface area (Å²) in [5.41, 5.74) is 0. The van der Waals surface area contributed by atoms with Gasteiger partial charge in [-0.1, -0.05) is 25.6 Å². The Balaban J connectivity index is 1.69. The van der Waals surface area contributed by atoms with Crippen LogP contribution in [0.5, 0.6) is 0 Å². The summed E-state index contributed by atoms with van der Waals surface area (Å²) in [6, 6.07) is 0.950. The van der Waals surface area contributed by atoms with Crippen LogP contribution in [0.4, 0.5) is 0 Å². The van der Waals surface area contributed by atoms with Gasteiger partial charge in [0.15, 0.2) is 5.17 Å². The van der Waals surface area contributed by atoms with Crippen LogP contribution < -0.4 is 10.6 Å². The topological polar surface area (TPSA) is 53.5 Å². The molecular formula is C12H21N3OS. The molecule has 1 unspecified atom stereocenters. The maximum absolute atomic E-state index is 11.5. The third kappa shape index (κ3) is 4.58. The molecule has 2 fully saturated rings. The molecule has 1 aliphatic heterocycles. The third-order valence-electron chi connectivity index (χ3n) is 2.81. The van der Waals surface area contributed by atoms with Crippen molar-refractivity contribution in [3.63, 3.8) is 0 Å². The number of thioether (sulfide) groups is 1. The van der Waals surface area contributed by atoms with Crippen LogP contribution in [-0.2, 0) is 4.79 Å². The van der Waals surface area contributed by atoms with E-state index in [1.54, 1.807) is 11.8 Å². The number of nitrogens with one attached hydrogen (secondary N) is 2. The molecule has 0 bridgehead atoms. The van der Waals surface area contributed by atoms with Crippen LogP contribution in [0.3, 0.4) is 0 Å². The summed E-state index contributed by atoms with van der Waals surface area (Å²) >= 11 is 1.73. The highest BCUT2D eigenvalue weighted by Crippen LogP contribution is 2.19. The molecule has 1 heterocycles. The average Bonchev–Trinajstić information content (AvgIpc) is 2.94. The first-order valence-electron chi connectivity index (χ1n) is 6.36. The molecule has 0 aromatic heterocycles. The first-order valence-corrected chi connectivity index (χ1v) is 7.35. The Kier molecular flexibility index (Phi) is 4.31. The van der Waals surface area contributed by atoms with Crippen molar-refractivity contribution >= 4 is 22.8 Å². The first kappa shape index (κ1) is 12.7. The molecule has 17 heavy (non-hydrogen) atoms. The minimum Gasteiger partial charge on any atom is -0.361 e. The molecule has 4 nitrogen and oxygen atoms in total. The summed E-state index contributed by atoms with van der Waals surface area (Å²) in [5.74, 6) is 1.82. The predicted molar refractivity (Wildman–Crippen MR) is 72.3 cm³/mol. The molecule has 0 aromatic carbocycles. The molecule has 1 saturated carbocycles. The summed E-state index contributed by atoms with van der Waals surface area (Å²) in [6.07, 6.45) is 3.43. The third-order valence-corrected chi connectivity index (χ3v) is 3.90. The van der Waals surface area contributed by atoms with E-state index in [0.29, 0.717) is 18.0 Å². The van der Waals surface area contributed by atoms with Crippen molar-refractivity contribution in [2.45, 2.75) is 45.2 Å². The zero-order valence-electron chi connectivity index (χ0n) is 10.5. The van der Waals surface area contributed by atoms with Crippen LogP contribution in [0.15, 0.2) is 4.99 Å². The largest absolute Gasteiger partial charge is 0.361 e. The van der Waals surface area contributed by atoms with Crippen molar-refractivity contribution in [2.24, 2.45) is 10.9 Å². The molecule has 2 rings (SSSR count). The van der Waals surface area contributed by atoms with Crippen molar-refractivity contribution in [3.8, 4) is 0 Å². The van der Waals surface area contributed by atoms with Gasteiger partial charge in [-0.3, -0.25) is 9.79 Å². The Hall–Kier alpha value is -0.710. The van der Waals surface area contributed by atoms with Crippen LogP contribution in [0.25, 0.3) is 0 Å². The van der Waals surface area contributed by atoms with E-state index >= 15 is 0 Å². The maximum atomic E-state index is 11.5. The zero-order chi connectivity index (χ0) is 12.3. The summed E-state index contributed by atoms with van der Waals surface area (Å²) in [4.78, 5) is 15.8. The molecule has 1 amide bonds. The van der Waals surface area contributed by atoms with E-state index in [-0.39, 0.29) is 12.5 Å². The van der Waals surface area contributed by atoms with E-state index in [1.165, 1.54) is 6.42 Å². The van der Waals surface area contributed by atoms with E-state index in [0.717, 1.165) is 23.8 Å². The van der Waals surface area contributed by atoms with Crippen LogP contribution in [-0.4, -0.2) is 35.5 Å². The van der Waals surface area contributed by atoms with Gasteiger partial charge in [0, 0.05) is 17.8 Å². The smallest absolute Gasteiger partial charge is 0.241 e. The lowest BCUT2D eigenvalue weighted by Gasteiger charge is -2.11. The monoisotopic (exact) mass is 255 g/mol. The van der Waals surface area contributed by atoms with E-state index in [4.69, 9.17) is 0 Å². The molecule has 1 atom stereocenters. The van der Waals surface area contributed by atoms with Crippen LogP contribution in [0.2, 0.25) is 0 Å². The minimum atomic E-state index is 0.0507. The van der Waals surface area contributed by atoms with Gasteiger partial charge in [-0.15, -0.1) is 0 Å². The molecule has 2 aliphatic rings. The molecule has 0 radical (unpaired) electrons. The number of amidine groups is 1. The number of carbonyl (C=O) groups is 1. The Morgan fingerprint density at radius 3 is 3.00 bits per heavy atom. The molecular weight excluding hydrogens is 234 g/mol. The maximum Gasteiger partial charge on any atom is 0.241 e. The summed E-state index contributed by atoms with van der Waals surface area (Å²) in [6.45, 7) is 4.72. The number of carbonyl (C=O) groups excluding carboxylic acids is 1. The average molecular weight is 255 g/mol. The summed E-state index contributed by atoms with van der Waals surface area (Å²) < 4.78 is 0. The lowest BCUT2D eigenvalue weighted by atomic mass is 10.1. The van der Waals surface area contributed by atoms with Crippen molar-refractivity contribution in [2.75, 3.05) is 12.3 Å². The van der Waals surface area contributed by atoms with Crippen molar-refractivity contribution < 1.29 is 4.79 Å². The number of nitrogens with zero attached hydrogens (tertiary/aromatic N) is 1. The van der Waals surface area contributed by atoms with Gasteiger partial charge in [0.25, 0.3) is 0 Å². The van der Waals surface area contributed by atoms with Crippen LogP contribution in [0, 0.1) is 5.92 Å². The van der Waals surface area contributed by atoms with Gasteiger partial charge in [0.2, 0.25) is 5.91 Å². The van der Waals surface area contributed by atoms with Gasteiger partial charge in [0.1, 0.15) is 6.54 Å². The second-order valence-corrected chi connectivity index (χ2v) is 6.25. The Bertz CT molecular complexity index is 313.